The Kier molecular flexibility index (Phi) is 4.76. The van der Waals surface area contributed by atoms with Gasteiger partial charge in [-0.2, -0.15) is 0 Å². The smallest absolute Gasteiger partial charge is 0.287 e. The highest BCUT2D eigenvalue weighted by atomic mass is 32.1. The fourth-order valence-electron chi connectivity index (χ4n) is 2.27. The summed E-state index contributed by atoms with van der Waals surface area (Å²) >= 11 is 5.12. The van der Waals surface area contributed by atoms with Gasteiger partial charge in [0, 0.05) is 11.3 Å². The van der Waals surface area contributed by atoms with E-state index >= 15 is 0 Å². The van der Waals surface area contributed by atoms with E-state index in [0.717, 1.165) is 16.7 Å². The summed E-state index contributed by atoms with van der Waals surface area (Å²) in [6, 6.07) is 11.8. The van der Waals surface area contributed by atoms with Crippen LogP contribution in [0.1, 0.15) is 11.1 Å². The molecule has 1 heterocycles. The maximum absolute atomic E-state index is 13.3. The lowest BCUT2D eigenvalue weighted by Gasteiger charge is -2.08. The number of hydrogen-bond donors (Lipinski definition) is 1. The normalized spacial score (nSPS) is 10.7. The molecule has 7 heteroatoms. The van der Waals surface area contributed by atoms with Crippen molar-refractivity contribution in [3.63, 3.8) is 0 Å². The zero-order chi connectivity index (χ0) is 18.0. The zero-order valence-corrected chi connectivity index (χ0v) is 14.6. The SMILES string of the molecule is Cc1ccc(-c2nn(CC(=O)Nc3cc(F)ccc3C)c(=S)o2)cc1. The number of carbonyl (C=O) groups is 1. The molecule has 0 aliphatic carbocycles. The molecule has 3 aromatic rings. The van der Waals surface area contributed by atoms with Gasteiger partial charge >= 0.3 is 0 Å². The lowest BCUT2D eigenvalue weighted by atomic mass is 10.1. The highest BCUT2D eigenvalue weighted by molar-refractivity contribution is 7.71. The van der Waals surface area contributed by atoms with Gasteiger partial charge in [0.1, 0.15) is 12.4 Å². The van der Waals surface area contributed by atoms with Gasteiger partial charge in [-0.15, -0.1) is 5.10 Å². The van der Waals surface area contributed by atoms with Gasteiger partial charge in [-0.1, -0.05) is 23.8 Å². The van der Waals surface area contributed by atoms with Gasteiger partial charge in [0.05, 0.1) is 0 Å². The van der Waals surface area contributed by atoms with Crippen molar-refractivity contribution >= 4 is 23.8 Å². The van der Waals surface area contributed by atoms with Crippen LogP contribution in [0.5, 0.6) is 0 Å². The van der Waals surface area contributed by atoms with Crippen LogP contribution in [0.15, 0.2) is 46.9 Å². The van der Waals surface area contributed by atoms with Gasteiger partial charge in [-0.3, -0.25) is 4.79 Å². The monoisotopic (exact) mass is 357 g/mol. The predicted molar refractivity (Wildman–Crippen MR) is 95.3 cm³/mol. The van der Waals surface area contributed by atoms with Crippen LogP contribution in [-0.4, -0.2) is 15.7 Å². The molecule has 5 nitrogen and oxygen atoms in total. The molecule has 2 aromatic carbocycles. The van der Waals surface area contributed by atoms with E-state index in [2.05, 4.69) is 10.4 Å². The molecule has 25 heavy (non-hydrogen) atoms. The molecule has 1 N–H and O–H groups in total. The summed E-state index contributed by atoms with van der Waals surface area (Å²) in [5.74, 6) is -0.436. The third-order valence-corrected chi connectivity index (χ3v) is 3.97. The van der Waals surface area contributed by atoms with Gasteiger partial charge in [-0.25, -0.2) is 9.07 Å². The van der Waals surface area contributed by atoms with Crippen LogP contribution in [0.3, 0.4) is 0 Å². The maximum atomic E-state index is 13.3. The number of nitrogens with zero attached hydrogens (tertiary/aromatic N) is 2. The number of aromatic nitrogens is 2. The van der Waals surface area contributed by atoms with E-state index in [9.17, 15) is 9.18 Å². The second kappa shape index (κ2) is 6.98. The molecule has 0 unspecified atom stereocenters. The van der Waals surface area contributed by atoms with Gasteiger partial charge < -0.3 is 9.73 Å². The molecule has 0 spiro atoms. The molecule has 0 aliphatic heterocycles. The number of nitrogens with one attached hydrogen (secondary N) is 1. The number of aryl methyl sites for hydroxylation is 2. The summed E-state index contributed by atoms with van der Waals surface area (Å²) in [7, 11) is 0. The molecule has 0 fully saturated rings. The second-order valence-electron chi connectivity index (χ2n) is 5.70. The zero-order valence-electron chi connectivity index (χ0n) is 13.7. The quantitative estimate of drug-likeness (QED) is 0.709. The van der Waals surface area contributed by atoms with Crippen LogP contribution in [0.4, 0.5) is 10.1 Å². The average Bonchev–Trinajstić information content (AvgIpc) is 2.92. The molecule has 0 bridgehead atoms. The summed E-state index contributed by atoms with van der Waals surface area (Å²) in [5.41, 5.74) is 3.07. The first-order valence-corrected chi connectivity index (χ1v) is 8.04. The number of anilines is 1. The molecule has 128 valence electrons. The molecular weight excluding hydrogens is 341 g/mol. The molecule has 0 saturated heterocycles. The standard InChI is InChI=1S/C18H16FN3O2S/c1-11-3-6-13(7-4-11)17-21-22(18(25)24-17)10-16(23)20-15-9-14(19)8-5-12(15)2/h3-9H,10H2,1-2H3,(H,20,23). The lowest BCUT2D eigenvalue weighted by molar-refractivity contribution is -0.117. The summed E-state index contributed by atoms with van der Waals surface area (Å²) in [6.07, 6.45) is 0. The van der Waals surface area contributed by atoms with E-state index in [0.29, 0.717) is 11.6 Å². The fraction of sp³-hybridized carbons (Fsp3) is 0.167. The third kappa shape index (κ3) is 4.00. The van der Waals surface area contributed by atoms with Crippen LogP contribution in [0.2, 0.25) is 0 Å². The van der Waals surface area contributed by atoms with Crippen molar-refractivity contribution in [2.75, 3.05) is 5.32 Å². The number of halogens is 1. The van der Waals surface area contributed by atoms with E-state index in [1.807, 2.05) is 31.2 Å². The van der Waals surface area contributed by atoms with Crippen molar-refractivity contribution in [1.82, 2.24) is 9.78 Å². The van der Waals surface area contributed by atoms with E-state index in [-0.39, 0.29) is 17.3 Å². The first-order chi connectivity index (χ1) is 11.9. The third-order valence-electron chi connectivity index (χ3n) is 3.67. The minimum absolute atomic E-state index is 0.0988. The molecule has 1 aromatic heterocycles. The molecule has 0 aliphatic rings. The Bertz CT molecular complexity index is 977. The van der Waals surface area contributed by atoms with Crippen molar-refractivity contribution in [2.24, 2.45) is 0 Å². The average molecular weight is 357 g/mol. The van der Waals surface area contributed by atoms with Gasteiger partial charge in [0.15, 0.2) is 0 Å². The number of hydrogen-bond acceptors (Lipinski definition) is 4. The molecular formula is C18H16FN3O2S. The number of benzene rings is 2. The summed E-state index contributed by atoms with van der Waals surface area (Å²) < 4.78 is 20.1. The second-order valence-corrected chi connectivity index (χ2v) is 6.05. The summed E-state index contributed by atoms with van der Waals surface area (Å²) in [6.45, 7) is 3.65. The minimum Gasteiger partial charge on any atom is -0.409 e. The first kappa shape index (κ1) is 17.0. The highest BCUT2D eigenvalue weighted by Crippen LogP contribution is 2.19. The van der Waals surface area contributed by atoms with E-state index in [4.69, 9.17) is 16.6 Å². The summed E-state index contributed by atoms with van der Waals surface area (Å²) in [5, 5.41) is 6.90. The van der Waals surface area contributed by atoms with Crippen molar-refractivity contribution in [2.45, 2.75) is 20.4 Å². The van der Waals surface area contributed by atoms with Gasteiger partial charge in [0.25, 0.3) is 4.84 Å². The lowest BCUT2D eigenvalue weighted by Crippen LogP contribution is -2.20. The summed E-state index contributed by atoms with van der Waals surface area (Å²) in [4.78, 5) is 12.3. The molecule has 0 atom stereocenters. The van der Waals surface area contributed by atoms with E-state index in [1.165, 1.54) is 16.8 Å². The molecule has 0 saturated carbocycles. The van der Waals surface area contributed by atoms with Crippen LogP contribution >= 0.6 is 12.2 Å². The molecule has 3 rings (SSSR count). The fourth-order valence-corrected chi connectivity index (χ4v) is 2.46. The number of rotatable bonds is 4. The topological polar surface area (TPSA) is 60.1 Å². The Morgan fingerprint density at radius 1 is 1.24 bits per heavy atom. The molecule has 0 radical (unpaired) electrons. The van der Waals surface area contributed by atoms with E-state index in [1.54, 1.807) is 13.0 Å². The largest absolute Gasteiger partial charge is 0.409 e. The minimum atomic E-state index is -0.416. The van der Waals surface area contributed by atoms with Crippen LogP contribution < -0.4 is 5.32 Å². The Morgan fingerprint density at radius 2 is 1.96 bits per heavy atom. The maximum Gasteiger partial charge on any atom is 0.287 e. The van der Waals surface area contributed by atoms with E-state index < -0.39 is 5.82 Å². The van der Waals surface area contributed by atoms with Crippen molar-refractivity contribution < 1.29 is 13.6 Å². The first-order valence-electron chi connectivity index (χ1n) is 7.63. The van der Waals surface area contributed by atoms with Crippen LogP contribution in [0, 0.1) is 24.5 Å². The Balaban J connectivity index is 1.77. The Hall–Kier alpha value is -2.80. The highest BCUT2D eigenvalue weighted by Gasteiger charge is 2.12. The van der Waals surface area contributed by atoms with Crippen molar-refractivity contribution in [3.05, 3.63) is 64.2 Å². The Morgan fingerprint density at radius 3 is 2.68 bits per heavy atom. The van der Waals surface area contributed by atoms with Crippen LogP contribution in [-0.2, 0) is 11.3 Å². The number of amides is 1. The molecule has 1 amide bonds. The predicted octanol–water partition coefficient (Wildman–Crippen LogP) is 4.27. The Labute approximate surface area is 149 Å². The van der Waals surface area contributed by atoms with Crippen LogP contribution in [0.25, 0.3) is 11.5 Å². The number of carbonyl (C=O) groups excluding carboxylic acids is 1. The van der Waals surface area contributed by atoms with Gasteiger partial charge in [0.2, 0.25) is 11.8 Å². The van der Waals surface area contributed by atoms with Crippen molar-refractivity contribution in [1.29, 1.82) is 0 Å². The van der Waals surface area contributed by atoms with Gasteiger partial charge in [-0.05, 0) is 55.9 Å². The van der Waals surface area contributed by atoms with Crippen molar-refractivity contribution in [3.8, 4) is 11.5 Å².